The fraction of sp³-hybridized carbons (Fsp3) is 0.693. The Morgan fingerprint density at radius 2 is 1.05 bits per heavy atom. The van der Waals surface area contributed by atoms with Crippen molar-refractivity contribution in [3.8, 4) is 5.75 Å². The van der Waals surface area contributed by atoms with Crippen LogP contribution in [0.15, 0.2) is 35.7 Å². The number of phenolic OH excluding ortho intramolecular Hbond substituents is 1. The van der Waals surface area contributed by atoms with Gasteiger partial charge < -0.3 is 102 Å². The number of nitrogens with zero attached hydrogens (tertiary/aromatic N) is 4. The highest BCUT2D eigenvalue weighted by molar-refractivity contribution is 7.09. The lowest BCUT2D eigenvalue weighted by Gasteiger charge is -2.38. The van der Waals surface area contributed by atoms with Gasteiger partial charge in [0.15, 0.2) is 6.10 Å². The second-order valence-corrected chi connectivity index (χ2v) is 33.7. The van der Waals surface area contributed by atoms with Crippen LogP contribution in [0.2, 0.25) is 0 Å². The third kappa shape index (κ3) is 46.7. The minimum absolute atomic E-state index is 0.00751. The molecule has 40 heteroatoms. The lowest BCUT2D eigenvalue weighted by molar-refractivity contribution is -0.149. The second-order valence-electron chi connectivity index (χ2n) is 32.8. The van der Waals surface area contributed by atoms with E-state index in [0.717, 1.165) is 73.3 Å². The number of carbonyl (C=O) groups is 16. The van der Waals surface area contributed by atoms with Crippen molar-refractivity contribution in [2.75, 3.05) is 125 Å². The first-order valence-electron chi connectivity index (χ1n) is 44.4. The van der Waals surface area contributed by atoms with Gasteiger partial charge in [0.05, 0.1) is 83.2 Å². The van der Waals surface area contributed by atoms with Gasteiger partial charge in [-0.1, -0.05) is 85.6 Å². The first-order chi connectivity index (χ1) is 60.8. The van der Waals surface area contributed by atoms with Gasteiger partial charge in [-0.05, 0) is 122 Å². The van der Waals surface area contributed by atoms with Crippen LogP contribution in [0.25, 0.3) is 0 Å². The Kier molecular flexibility index (Phi) is 55.1. The normalized spacial score (nSPS) is 13.9. The highest BCUT2D eigenvalue weighted by atomic mass is 32.1. The topological polar surface area (TPSA) is 540 Å². The number of unbranched alkanes of at least 4 members (excludes halogenated alkanes) is 8. The maximum atomic E-state index is 14.4. The molecule has 3 rings (SSSR count). The van der Waals surface area contributed by atoms with Crippen molar-refractivity contribution in [3.05, 3.63) is 52.0 Å². The standard InChI is InChI=1S/C88H141N13O26S/c1-12-59(4)80(98-87(121)88(7,8)99(9)10)85(118)100(11)68(58(2)3)56-70(127-61(6)102)84-97-67(57-128-84)83(117)93-63(53-60(5)86(119)120)54-62-29-31-69(103)66(55-62)96-73(106)26-23-40-92-81(115)64(94-74(107)27-24-42-101-76(109)32-33-77(101)110)25-20-22-38-89-71(104)35-43-122-47-50-125-46-41-90-72(105)36-44-123-48-51-126-52-49-124-45-37-75(108)95-65(30-34-79(113)114)82(116)91-39-21-18-16-14-13-15-17-19-28-78(111)112/h29,31-33,55,57-60,63-65,68,70,80,103H,12-28,30,34-54,56H2,1-11H3,(H,89,104)(H,90,105)(H,91,116)(H,92,115)(H,93,117)(H,94,107)(H,95,108)(H,96,106)(H,98,121)(H,111,112)(H,113,114)(H,119,120)/t59-,60?,63+,64-,65-,68+,70+,80-/m0/s1. The Labute approximate surface area is 754 Å². The minimum atomic E-state index is -1.13. The summed E-state index contributed by atoms with van der Waals surface area (Å²) in [5.74, 6) is -10.7. The van der Waals surface area contributed by atoms with Gasteiger partial charge in [-0.15, -0.1) is 11.3 Å². The third-order valence-electron chi connectivity index (χ3n) is 21.5. The predicted octanol–water partition coefficient (Wildman–Crippen LogP) is 5.39. The zero-order valence-electron chi connectivity index (χ0n) is 76.4. The van der Waals surface area contributed by atoms with Crippen LogP contribution in [0.5, 0.6) is 5.75 Å². The van der Waals surface area contributed by atoms with Crippen molar-refractivity contribution in [2.24, 2.45) is 17.8 Å². The van der Waals surface area contributed by atoms with Crippen molar-refractivity contribution >= 4 is 112 Å². The molecule has 0 radical (unpaired) electrons. The van der Waals surface area contributed by atoms with E-state index in [0.29, 0.717) is 37.8 Å². The van der Waals surface area contributed by atoms with E-state index in [-0.39, 0.29) is 240 Å². The first kappa shape index (κ1) is 112. The number of thiazole rings is 1. The molecule has 0 aliphatic carbocycles. The molecule has 720 valence electrons. The average Bonchev–Trinajstić information content (AvgIpc) is 1.34. The number of imide groups is 1. The number of likely N-dealkylation sites (N-methyl/N-ethyl adjacent to an activating group) is 2. The molecule has 12 amide bonds. The van der Waals surface area contributed by atoms with Crippen LogP contribution in [-0.4, -0.2) is 291 Å². The summed E-state index contributed by atoms with van der Waals surface area (Å²) in [5.41, 5.74) is -0.488. The van der Waals surface area contributed by atoms with Gasteiger partial charge in [-0.3, -0.25) is 86.5 Å². The number of hydrogen-bond donors (Lipinski definition) is 13. The maximum absolute atomic E-state index is 14.4. The number of benzene rings is 1. The molecular weight excluding hydrogens is 1690 g/mol. The molecular formula is C88H141N13O26S. The molecule has 1 aliphatic heterocycles. The van der Waals surface area contributed by atoms with Crippen LogP contribution >= 0.6 is 11.3 Å². The molecule has 8 atom stereocenters. The minimum Gasteiger partial charge on any atom is -0.506 e. The molecule has 0 saturated heterocycles. The third-order valence-corrected chi connectivity index (χ3v) is 22.5. The van der Waals surface area contributed by atoms with Gasteiger partial charge in [0.2, 0.25) is 53.2 Å². The number of esters is 1. The van der Waals surface area contributed by atoms with E-state index in [1.807, 2.05) is 27.7 Å². The van der Waals surface area contributed by atoms with Gasteiger partial charge in [-0.2, -0.15) is 0 Å². The van der Waals surface area contributed by atoms with E-state index < -0.39 is 119 Å². The molecule has 0 saturated carbocycles. The van der Waals surface area contributed by atoms with Crippen LogP contribution in [-0.2, 0) is 107 Å². The number of aliphatic carboxylic acids is 3. The number of aromatic nitrogens is 1. The van der Waals surface area contributed by atoms with Crippen molar-refractivity contribution in [2.45, 2.75) is 258 Å². The highest BCUT2D eigenvalue weighted by Gasteiger charge is 2.40. The number of rotatable bonds is 72. The predicted molar refractivity (Wildman–Crippen MR) is 473 cm³/mol. The van der Waals surface area contributed by atoms with E-state index in [2.05, 4.69) is 52.8 Å². The van der Waals surface area contributed by atoms with E-state index in [1.165, 1.54) is 31.4 Å². The number of carboxylic acid groups (broad SMARTS) is 3. The van der Waals surface area contributed by atoms with Crippen molar-refractivity contribution in [3.63, 3.8) is 0 Å². The summed E-state index contributed by atoms with van der Waals surface area (Å²) in [6.45, 7) is 16.4. The van der Waals surface area contributed by atoms with Crippen molar-refractivity contribution in [1.29, 1.82) is 0 Å². The summed E-state index contributed by atoms with van der Waals surface area (Å²) < 4.78 is 33.3. The van der Waals surface area contributed by atoms with Gasteiger partial charge >= 0.3 is 23.9 Å². The summed E-state index contributed by atoms with van der Waals surface area (Å²) in [5, 5.41) is 65.4. The van der Waals surface area contributed by atoms with Crippen LogP contribution in [0.3, 0.4) is 0 Å². The van der Waals surface area contributed by atoms with E-state index in [4.69, 9.17) is 38.6 Å². The molecule has 2 aromatic rings. The lowest BCUT2D eigenvalue weighted by Crippen LogP contribution is -2.60. The molecule has 0 spiro atoms. The highest BCUT2D eigenvalue weighted by Crippen LogP contribution is 2.32. The molecule has 0 fully saturated rings. The van der Waals surface area contributed by atoms with Crippen molar-refractivity contribution < 1.29 is 126 Å². The Hall–Kier alpha value is -10.1. The van der Waals surface area contributed by atoms with Crippen LogP contribution in [0.1, 0.15) is 237 Å². The molecule has 1 aromatic heterocycles. The van der Waals surface area contributed by atoms with Gasteiger partial charge in [-0.25, -0.2) is 4.98 Å². The number of nitrogens with one attached hydrogen (secondary N) is 9. The Morgan fingerprint density at radius 3 is 1.61 bits per heavy atom. The SMILES string of the molecule is CC[C@H](C)[C@H](NC(=O)C(C)(C)N(C)C)C(=O)N(C)[C@H](C[C@@H](OC(C)=O)c1nc(C(=O)N[C@@H](Cc2ccc(O)c(NC(=O)CCCNC(=O)[C@H](CCCCNC(=O)CCOCCOCCNC(=O)CCOCCOCCOCCC(=O)N[C@@H](CCC(=O)O)C(=O)NCCCCCCCCCCC(=O)O)NC(=O)CCCN3C(=O)C=CC3=O)c2)CC(C)C(=O)O)cs1)C(C)C. The Morgan fingerprint density at radius 1 is 0.547 bits per heavy atom. The zero-order chi connectivity index (χ0) is 95.1. The lowest BCUT2D eigenvalue weighted by atomic mass is 9.92. The number of hydrogen-bond acceptors (Lipinski definition) is 26. The molecule has 128 heavy (non-hydrogen) atoms. The molecule has 39 nitrogen and oxygen atoms in total. The Balaban J connectivity index is 1.40. The number of carboxylic acids is 3. The monoisotopic (exact) mass is 1830 g/mol. The second kappa shape index (κ2) is 63.0. The average molecular weight is 1830 g/mol. The number of phenols is 1. The first-order valence-corrected chi connectivity index (χ1v) is 45.3. The number of aromatic hydroxyl groups is 1. The Bertz CT molecular complexity index is 3860. The van der Waals surface area contributed by atoms with Gasteiger partial charge in [0.25, 0.3) is 17.7 Å². The van der Waals surface area contributed by atoms with E-state index in [1.54, 1.807) is 50.9 Å². The van der Waals surface area contributed by atoms with Crippen LogP contribution < -0.4 is 47.9 Å². The smallest absolute Gasteiger partial charge is 0.306 e. The summed E-state index contributed by atoms with van der Waals surface area (Å²) in [6, 6.07) is 0.0510. The number of amides is 12. The van der Waals surface area contributed by atoms with E-state index in [9.17, 15) is 86.9 Å². The quantitative estimate of drug-likeness (QED) is 0.0171. The fourth-order valence-electron chi connectivity index (χ4n) is 13.2. The summed E-state index contributed by atoms with van der Waals surface area (Å²) in [4.78, 5) is 212. The summed E-state index contributed by atoms with van der Waals surface area (Å²) in [7, 11) is 5.18. The number of ether oxygens (including phenoxy) is 6. The molecule has 1 unspecified atom stereocenters. The maximum Gasteiger partial charge on any atom is 0.306 e. The van der Waals surface area contributed by atoms with E-state index >= 15 is 0 Å². The summed E-state index contributed by atoms with van der Waals surface area (Å²) >= 11 is 1.05. The van der Waals surface area contributed by atoms with Gasteiger partial charge in [0, 0.05) is 128 Å². The van der Waals surface area contributed by atoms with Gasteiger partial charge in [0.1, 0.15) is 34.6 Å². The number of carbonyl (C=O) groups excluding carboxylic acids is 13. The van der Waals surface area contributed by atoms with Crippen molar-refractivity contribution in [1.82, 2.24) is 62.2 Å². The molecule has 1 aliphatic rings. The molecule has 2 heterocycles. The van der Waals surface area contributed by atoms with Crippen LogP contribution in [0, 0.1) is 17.8 Å². The summed E-state index contributed by atoms with van der Waals surface area (Å²) in [6.07, 6.45) is 9.88. The number of anilines is 1. The largest absolute Gasteiger partial charge is 0.506 e. The van der Waals surface area contributed by atoms with Crippen LogP contribution in [0.4, 0.5) is 5.69 Å². The molecule has 1 aromatic carbocycles. The molecule has 13 N–H and O–H groups in total. The zero-order valence-corrected chi connectivity index (χ0v) is 77.2. The fourth-order valence-corrected chi connectivity index (χ4v) is 14.0. The molecule has 0 bridgehead atoms.